The number of benzene rings is 2. The minimum Gasteiger partial charge on any atom is -0.264 e. The second-order valence-electron chi connectivity index (χ2n) is 6.64. The summed E-state index contributed by atoms with van der Waals surface area (Å²) in [5.41, 5.74) is 4.54. The smallest absolute Gasteiger partial charge is 0.264 e. The Balaban J connectivity index is 1.79. The summed E-state index contributed by atoms with van der Waals surface area (Å²) in [6, 6.07) is 20.3. The fourth-order valence-electron chi connectivity index (χ4n) is 3.47. The molecule has 5 aromatic rings. The maximum Gasteiger partial charge on any atom is 0.268 e. The van der Waals surface area contributed by atoms with Gasteiger partial charge in [-0.2, -0.15) is 11.3 Å². The van der Waals surface area contributed by atoms with Crippen LogP contribution in [0.5, 0.6) is 0 Å². The highest BCUT2D eigenvalue weighted by molar-refractivity contribution is 7.90. The molecular formula is C23H16N2O2S2. The molecule has 0 spiro atoms. The Morgan fingerprint density at radius 2 is 1.72 bits per heavy atom. The van der Waals surface area contributed by atoms with Crippen molar-refractivity contribution in [3.05, 3.63) is 96.1 Å². The van der Waals surface area contributed by atoms with Crippen LogP contribution in [0.1, 0.15) is 0 Å². The number of aromatic nitrogens is 2. The molecule has 2 aromatic carbocycles. The van der Waals surface area contributed by atoms with Crippen LogP contribution in [0, 0.1) is 0 Å². The number of fused-ring (bicyclic) bond motifs is 1. The zero-order valence-corrected chi connectivity index (χ0v) is 16.9. The molecule has 29 heavy (non-hydrogen) atoms. The fourth-order valence-corrected chi connectivity index (χ4v) is 5.51. The Labute approximate surface area is 172 Å². The first-order chi connectivity index (χ1) is 14.1. The topological polar surface area (TPSA) is 52.0 Å². The van der Waals surface area contributed by atoms with Gasteiger partial charge in [0.15, 0.2) is 0 Å². The molecule has 6 heteroatoms. The average Bonchev–Trinajstić information content (AvgIpc) is 3.42. The molecule has 0 saturated heterocycles. The van der Waals surface area contributed by atoms with E-state index in [1.54, 1.807) is 48.0 Å². The van der Waals surface area contributed by atoms with Gasteiger partial charge in [-0.25, -0.2) is 12.4 Å². The third kappa shape index (κ3) is 3.06. The van der Waals surface area contributed by atoms with Gasteiger partial charge in [-0.15, -0.1) is 0 Å². The Morgan fingerprint density at radius 3 is 2.45 bits per heavy atom. The molecule has 5 rings (SSSR count). The van der Waals surface area contributed by atoms with Gasteiger partial charge in [0, 0.05) is 35.1 Å². The summed E-state index contributed by atoms with van der Waals surface area (Å²) in [6.07, 6.45) is 5.27. The van der Waals surface area contributed by atoms with Crippen molar-refractivity contribution in [2.45, 2.75) is 4.90 Å². The van der Waals surface area contributed by atoms with E-state index >= 15 is 0 Å². The molecule has 3 heterocycles. The van der Waals surface area contributed by atoms with E-state index in [9.17, 15) is 8.42 Å². The molecule has 0 amide bonds. The Hall–Kier alpha value is -3.22. The van der Waals surface area contributed by atoms with Crippen molar-refractivity contribution in [3.63, 3.8) is 0 Å². The van der Waals surface area contributed by atoms with Crippen LogP contribution in [0.3, 0.4) is 0 Å². The van der Waals surface area contributed by atoms with E-state index in [0.717, 1.165) is 27.6 Å². The minimum atomic E-state index is -3.71. The molecule has 0 radical (unpaired) electrons. The summed E-state index contributed by atoms with van der Waals surface area (Å²) in [7, 11) is -3.71. The van der Waals surface area contributed by atoms with E-state index in [4.69, 9.17) is 0 Å². The van der Waals surface area contributed by atoms with Crippen molar-refractivity contribution in [2.75, 3.05) is 0 Å². The van der Waals surface area contributed by atoms with Crippen LogP contribution >= 0.6 is 11.3 Å². The van der Waals surface area contributed by atoms with Gasteiger partial charge in [-0.05, 0) is 58.3 Å². The maximum atomic E-state index is 13.3. The van der Waals surface area contributed by atoms with Gasteiger partial charge < -0.3 is 0 Å². The van der Waals surface area contributed by atoms with Gasteiger partial charge in [0.05, 0.1) is 10.4 Å². The Bertz CT molecular complexity index is 1390. The number of hydrogen-bond acceptors (Lipinski definition) is 4. The van der Waals surface area contributed by atoms with Crippen LogP contribution in [0.25, 0.3) is 33.2 Å². The van der Waals surface area contributed by atoms with Crippen LogP contribution in [0.15, 0.2) is 101 Å². The Kier molecular flexibility index (Phi) is 4.30. The van der Waals surface area contributed by atoms with Crippen molar-refractivity contribution in [1.82, 2.24) is 8.96 Å². The van der Waals surface area contributed by atoms with Crippen molar-refractivity contribution < 1.29 is 8.42 Å². The number of thiophene rings is 1. The molecule has 0 saturated carbocycles. The van der Waals surface area contributed by atoms with Crippen molar-refractivity contribution in [1.29, 1.82) is 0 Å². The monoisotopic (exact) mass is 416 g/mol. The summed E-state index contributed by atoms with van der Waals surface area (Å²) in [4.78, 5) is 4.47. The first-order valence-electron chi connectivity index (χ1n) is 9.03. The number of pyridine rings is 1. The average molecular weight is 417 g/mol. The van der Waals surface area contributed by atoms with Gasteiger partial charge in [0.1, 0.15) is 0 Å². The quantitative estimate of drug-likeness (QED) is 0.379. The van der Waals surface area contributed by atoms with Crippen molar-refractivity contribution in [2.24, 2.45) is 0 Å². The van der Waals surface area contributed by atoms with Gasteiger partial charge in [-0.1, -0.05) is 30.3 Å². The van der Waals surface area contributed by atoms with E-state index in [1.165, 1.54) is 3.97 Å². The molecular weight excluding hydrogens is 400 g/mol. The molecule has 0 aliphatic heterocycles. The molecule has 0 fully saturated rings. The predicted molar refractivity (Wildman–Crippen MR) is 118 cm³/mol. The maximum absolute atomic E-state index is 13.3. The highest BCUT2D eigenvalue weighted by Gasteiger charge is 2.22. The molecule has 0 bridgehead atoms. The summed E-state index contributed by atoms with van der Waals surface area (Å²) in [6.45, 7) is 0. The second-order valence-corrected chi connectivity index (χ2v) is 9.24. The summed E-state index contributed by atoms with van der Waals surface area (Å²) >= 11 is 1.59. The highest BCUT2D eigenvalue weighted by atomic mass is 32.2. The molecule has 0 atom stereocenters. The van der Waals surface area contributed by atoms with Gasteiger partial charge >= 0.3 is 0 Å². The molecule has 4 nitrogen and oxygen atoms in total. The van der Waals surface area contributed by atoms with E-state index in [-0.39, 0.29) is 4.90 Å². The van der Waals surface area contributed by atoms with Crippen molar-refractivity contribution in [3.8, 4) is 22.3 Å². The molecule has 0 N–H and O–H groups in total. The van der Waals surface area contributed by atoms with Crippen LogP contribution < -0.4 is 0 Å². The molecule has 0 unspecified atom stereocenters. The molecule has 142 valence electrons. The summed E-state index contributed by atoms with van der Waals surface area (Å²) < 4.78 is 28.1. The molecule has 3 aromatic heterocycles. The zero-order chi connectivity index (χ0) is 19.8. The van der Waals surface area contributed by atoms with E-state index < -0.39 is 10.0 Å². The number of rotatable bonds is 4. The van der Waals surface area contributed by atoms with Crippen LogP contribution in [0.4, 0.5) is 0 Å². The van der Waals surface area contributed by atoms with Gasteiger partial charge in [0.2, 0.25) is 0 Å². The lowest BCUT2D eigenvalue weighted by molar-refractivity contribution is 0.589. The first kappa shape index (κ1) is 17.8. The third-order valence-corrected chi connectivity index (χ3v) is 7.27. The Morgan fingerprint density at radius 1 is 0.862 bits per heavy atom. The molecule has 0 aliphatic rings. The van der Waals surface area contributed by atoms with Crippen LogP contribution in [-0.2, 0) is 10.0 Å². The second kappa shape index (κ2) is 6.99. The van der Waals surface area contributed by atoms with Gasteiger partial charge in [-0.3, -0.25) is 4.98 Å². The lowest BCUT2D eigenvalue weighted by atomic mass is 10.0. The van der Waals surface area contributed by atoms with E-state index in [2.05, 4.69) is 4.98 Å². The van der Waals surface area contributed by atoms with Crippen LogP contribution in [0.2, 0.25) is 0 Å². The van der Waals surface area contributed by atoms with E-state index in [0.29, 0.717) is 5.52 Å². The molecule has 0 aliphatic carbocycles. The number of hydrogen-bond donors (Lipinski definition) is 0. The number of nitrogens with zero attached hydrogens (tertiary/aromatic N) is 2. The summed E-state index contributed by atoms with van der Waals surface area (Å²) in [5.74, 6) is 0. The van der Waals surface area contributed by atoms with Gasteiger partial charge in [0.25, 0.3) is 10.0 Å². The zero-order valence-electron chi connectivity index (χ0n) is 15.3. The lowest BCUT2D eigenvalue weighted by Crippen LogP contribution is -2.11. The normalized spacial score (nSPS) is 11.7. The fraction of sp³-hybridized carbons (Fsp3) is 0. The summed E-state index contributed by atoms with van der Waals surface area (Å²) in [5, 5.41) is 4.92. The first-order valence-corrected chi connectivity index (χ1v) is 11.4. The third-order valence-electron chi connectivity index (χ3n) is 4.90. The van der Waals surface area contributed by atoms with Crippen molar-refractivity contribution >= 4 is 32.3 Å². The largest absolute Gasteiger partial charge is 0.268 e. The standard InChI is InChI=1S/C23H16N2O2S2/c26-29(27,20-6-2-1-3-7-20)25-15-22(19-10-12-28-16-19)21-13-17(8-9-23(21)25)18-5-4-11-24-14-18/h1-16H. The van der Waals surface area contributed by atoms with Crippen LogP contribution in [-0.4, -0.2) is 17.4 Å². The highest BCUT2D eigenvalue weighted by Crippen LogP contribution is 2.36. The lowest BCUT2D eigenvalue weighted by Gasteiger charge is -2.08. The predicted octanol–water partition coefficient (Wildman–Crippen LogP) is 5.67. The van der Waals surface area contributed by atoms with E-state index in [1.807, 2.05) is 59.4 Å². The minimum absolute atomic E-state index is 0.269. The SMILES string of the molecule is O=S(=O)(c1ccccc1)n1cc(-c2ccsc2)c2cc(-c3cccnc3)ccc21.